The SMILES string of the molecule is CCN1CCN(c2ccc(Nc3ccc(Br)cn3)cc2)CC1. The molecule has 1 aromatic carbocycles. The van der Waals surface area contributed by atoms with Gasteiger partial charge in [0.05, 0.1) is 0 Å². The lowest BCUT2D eigenvalue weighted by Gasteiger charge is -2.35. The van der Waals surface area contributed by atoms with Crippen molar-refractivity contribution in [3.63, 3.8) is 0 Å². The first-order chi connectivity index (χ1) is 10.7. The number of anilines is 3. The van der Waals surface area contributed by atoms with Crippen LogP contribution in [-0.2, 0) is 0 Å². The fourth-order valence-corrected chi connectivity index (χ4v) is 2.91. The van der Waals surface area contributed by atoms with E-state index in [4.69, 9.17) is 0 Å². The number of rotatable bonds is 4. The molecule has 2 aromatic rings. The lowest BCUT2D eigenvalue weighted by Crippen LogP contribution is -2.46. The Balaban J connectivity index is 1.62. The average Bonchev–Trinajstić information content (AvgIpc) is 2.58. The normalized spacial score (nSPS) is 15.8. The number of hydrogen-bond acceptors (Lipinski definition) is 4. The molecule has 1 saturated heterocycles. The molecule has 0 bridgehead atoms. The van der Waals surface area contributed by atoms with Crippen molar-refractivity contribution in [1.29, 1.82) is 0 Å². The Bertz CT molecular complexity index is 589. The fourth-order valence-electron chi connectivity index (χ4n) is 2.68. The monoisotopic (exact) mass is 360 g/mol. The lowest BCUT2D eigenvalue weighted by molar-refractivity contribution is 0.271. The summed E-state index contributed by atoms with van der Waals surface area (Å²) < 4.78 is 0.986. The van der Waals surface area contributed by atoms with Gasteiger partial charge in [0.1, 0.15) is 5.82 Å². The van der Waals surface area contributed by atoms with E-state index < -0.39 is 0 Å². The van der Waals surface area contributed by atoms with Crippen LogP contribution in [0.4, 0.5) is 17.2 Å². The Hall–Kier alpha value is -1.59. The van der Waals surface area contributed by atoms with Crippen molar-refractivity contribution in [2.24, 2.45) is 0 Å². The number of hydrogen-bond donors (Lipinski definition) is 1. The van der Waals surface area contributed by atoms with Crippen LogP contribution >= 0.6 is 15.9 Å². The topological polar surface area (TPSA) is 31.4 Å². The predicted molar refractivity (Wildman–Crippen MR) is 96.0 cm³/mol. The van der Waals surface area contributed by atoms with Gasteiger partial charge in [0.25, 0.3) is 0 Å². The Morgan fingerprint density at radius 2 is 1.77 bits per heavy atom. The summed E-state index contributed by atoms with van der Waals surface area (Å²) in [6, 6.07) is 12.5. The third-order valence-electron chi connectivity index (χ3n) is 4.05. The molecular formula is C17H21BrN4. The molecule has 1 aromatic heterocycles. The molecule has 0 unspecified atom stereocenters. The van der Waals surface area contributed by atoms with Gasteiger partial charge in [-0.15, -0.1) is 0 Å². The minimum Gasteiger partial charge on any atom is -0.369 e. The minimum atomic E-state index is 0.854. The number of aromatic nitrogens is 1. The summed E-state index contributed by atoms with van der Waals surface area (Å²) in [5.41, 5.74) is 2.36. The van der Waals surface area contributed by atoms with Gasteiger partial charge in [-0.3, -0.25) is 0 Å². The van der Waals surface area contributed by atoms with Crippen LogP contribution in [-0.4, -0.2) is 42.6 Å². The quantitative estimate of drug-likeness (QED) is 0.899. The van der Waals surface area contributed by atoms with Crippen LogP contribution in [0.3, 0.4) is 0 Å². The second kappa shape index (κ2) is 7.11. The standard InChI is InChI=1S/C17H21BrN4/c1-2-21-9-11-22(12-10-21)16-6-4-15(5-7-16)20-17-8-3-14(18)13-19-17/h3-8,13H,2,9-12H2,1H3,(H,19,20). The van der Waals surface area contributed by atoms with Crippen LogP contribution in [0.5, 0.6) is 0 Å². The van der Waals surface area contributed by atoms with Gasteiger partial charge in [-0.1, -0.05) is 6.92 Å². The molecule has 0 amide bonds. The van der Waals surface area contributed by atoms with Gasteiger partial charge in [0.15, 0.2) is 0 Å². The molecule has 0 aliphatic carbocycles. The summed E-state index contributed by atoms with van der Waals surface area (Å²) >= 11 is 3.39. The highest BCUT2D eigenvalue weighted by molar-refractivity contribution is 9.10. The molecule has 116 valence electrons. The van der Waals surface area contributed by atoms with Crippen LogP contribution < -0.4 is 10.2 Å². The highest BCUT2D eigenvalue weighted by atomic mass is 79.9. The van der Waals surface area contributed by atoms with E-state index in [1.807, 2.05) is 12.1 Å². The molecular weight excluding hydrogens is 340 g/mol. The maximum Gasteiger partial charge on any atom is 0.130 e. The molecule has 2 heterocycles. The molecule has 22 heavy (non-hydrogen) atoms. The van der Waals surface area contributed by atoms with E-state index in [0.29, 0.717) is 0 Å². The average molecular weight is 361 g/mol. The second-order valence-corrected chi connectivity index (χ2v) is 6.37. The van der Waals surface area contributed by atoms with Crippen molar-refractivity contribution >= 4 is 33.1 Å². The Morgan fingerprint density at radius 3 is 2.36 bits per heavy atom. The highest BCUT2D eigenvalue weighted by Gasteiger charge is 2.15. The summed E-state index contributed by atoms with van der Waals surface area (Å²) in [7, 11) is 0. The number of halogens is 1. The van der Waals surface area contributed by atoms with E-state index in [-0.39, 0.29) is 0 Å². The van der Waals surface area contributed by atoms with Gasteiger partial charge in [-0.25, -0.2) is 4.98 Å². The zero-order valence-corrected chi connectivity index (χ0v) is 14.4. The van der Waals surface area contributed by atoms with Crippen molar-refractivity contribution in [2.45, 2.75) is 6.92 Å². The van der Waals surface area contributed by atoms with Crippen molar-refractivity contribution in [3.8, 4) is 0 Å². The van der Waals surface area contributed by atoms with E-state index in [2.05, 4.69) is 67.2 Å². The summed E-state index contributed by atoms with van der Waals surface area (Å²) in [4.78, 5) is 9.27. The molecule has 1 N–H and O–H groups in total. The Labute approximate surface area is 140 Å². The molecule has 0 spiro atoms. The number of benzene rings is 1. The number of piperazine rings is 1. The van der Waals surface area contributed by atoms with E-state index in [9.17, 15) is 0 Å². The first-order valence-electron chi connectivity index (χ1n) is 7.70. The fraction of sp³-hybridized carbons (Fsp3) is 0.353. The Kier molecular flexibility index (Phi) is 4.95. The maximum absolute atomic E-state index is 4.33. The molecule has 1 aliphatic heterocycles. The van der Waals surface area contributed by atoms with Gasteiger partial charge < -0.3 is 15.1 Å². The number of nitrogens with one attached hydrogen (secondary N) is 1. The Morgan fingerprint density at radius 1 is 1.05 bits per heavy atom. The largest absolute Gasteiger partial charge is 0.369 e. The van der Waals surface area contributed by atoms with Gasteiger partial charge in [-0.2, -0.15) is 0 Å². The van der Waals surface area contributed by atoms with E-state index in [1.165, 1.54) is 5.69 Å². The molecule has 0 atom stereocenters. The van der Waals surface area contributed by atoms with Gasteiger partial charge >= 0.3 is 0 Å². The van der Waals surface area contributed by atoms with E-state index in [0.717, 1.165) is 48.7 Å². The lowest BCUT2D eigenvalue weighted by atomic mass is 10.2. The summed E-state index contributed by atoms with van der Waals surface area (Å²) in [6.07, 6.45) is 1.80. The van der Waals surface area contributed by atoms with E-state index in [1.54, 1.807) is 6.20 Å². The summed E-state index contributed by atoms with van der Waals surface area (Å²) in [5, 5.41) is 3.32. The first kappa shape index (κ1) is 15.3. The second-order valence-electron chi connectivity index (χ2n) is 5.45. The van der Waals surface area contributed by atoms with Crippen LogP contribution in [0.15, 0.2) is 47.1 Å². The minimum absolute atomic E-state index is 0.854. The van der Waals surface area contributed by atoms with Gasteiger partial charge in [-0.05, 0) is 58.9 Å². The zero-order valence-electron chi connectivity index (χ0n) is 12.8. The smallest absolute Gasteiger partial charge is 0.130 e. The predicted octanol–water partition coefficient (Wildman–Crippen LogP) is 3.73. The molecule has 1 fully saturated rings. The van der Waals surface area contributed by atoms with Crippen LogP contribution in [0, 0.1) is 0 Å². The van der Waals surface area contributed by atoms with Gasteiger partial charge in [0.2, 0.25) is 0 Å². The van der Waals surface area contributed by atoms with Gasteiger partial charge in [0, 0.05) is 48.2 Å². The van der Waals surface area contributed by atoms with Crippen LogP contribution in [0.1, 0.15) is 6.92 Å². The van der Waals surface area contributed by atoms with Crippen molar-refractivity contribution in [3.05, 3.63) is 47.1 Å². The zero-order chi connectivity index (χ0) is 15.4. The van der Waals surface area contributed by atoms with Crippen molar-refractivity contribution < 1.29 is 0 Å². The molecule has 5 heteroatoms. The van der Waals surface area contributed by atoms with Crippen LogP contribution in [0.25, 0.3) is 0 Å². The van der Waals surface area contributed by atoms with Crippen LogP contribution in [0.2, 0.25) is 0 Å². The summed E-state index contributed by atoms with van der Waals surface area (Å²) in [5.74, 6) is 0.854. The first-order valence-corrected chi connectivity index (χ1v) is 8.50. The van der Waals surface area contributed by atoms with Crippen molar-refractivity contribution in [1.82, 2.24) is 9.88 Å². The van der Waals surface area contributed by atoms with E-state index >= 15 is 0 Å². The number of likely N-dealkylation sites (N-methyl/N-ethyl adjacent to an activating group) is 1. The molecule has 0 saturated carbocycles. The summed E-state index contributed by atoms with van der Waals surface area (Å²) in [6.45, 7) is 7.89. The maximum atomic E-state index is 4.33. The number of pyridine rings is 1. The molecule has 1 aliphatic rings. The third-order valence-corrected chi connectivity index (χ3v) is 4.52. The third kappa shape index (κ3) is 3.78. The highest BCUT2D eigenvalue weighted by Crippen LogP contribution is 2.22. The molecule has 4 nitrogen and oxygen atoms in total. The molecule has 3 rings (SSSR count). The molecule has 0 radical (unpaired) electrons. The van der Waals surface area contributed by atoms with Crippen molar-refractivity contribution in [2.75, 3.05) is 42.9 Å². The number of nitrogens with zero attached hydrogens (tertiary/aromatic N) is 3.